The number of ether oxygens (including phenoxy) is 2. The first-order valence-electron chi connectivity index (χ1n) is 5.88. The molecule has 0 saturated carbocycles. The average molecular weight is 227 g/mol. The van der Waals surface area contributed by atoms with E-state index in [1.54, 1.807) is 13.0 Å². The van der Waals surface area contributed by atoms with Gasteiger partial charge in [-0.3, -0.25) is 0 Å². The van der Waals surface area contributed by atoms with Gasteiger partial charge in [0, 0.05) is 25.3 Å². The van der Waals surface area contributed by atoms with E-state index in [4.69, 9.17) is 9.47 Å². The van der Waals surface area contributed by atoms with Crippen LogP contribution in [0.15, 0.2) is 12.2 Å². The Morgan fingerprint density at radius 2 is 2.50 bits per heavy atom. The van der Waals surface area contributed by atoms with Crippen molar-refractivity contribution in [2.45, 2.75) is 26.3 Å². The lowest BCUT2D eigenvalue weighted by Crippen LogP contribution is -2.33. The first kappa shape index (κ1) is 13.2. The van der Waals surface area contributed by atoms with Gasteiger partial charge in [0.05, 0.1) is 13.2 Å². The summed E-state index contributed by atoms with van der Waals surface area (Å²) in [6.07, 6.45) is 4.38. The number of carbonyl (C=O) groups is 1. The summed E-state index contributed by atoms with van der Waals surface area (Å²) in [6, 6.07) is 0.425. The summed E-state index contributed by atoms with van der Waals surface area (Å²) >= 11 is 0. The van der Waals surface area contributed by atoms with Crippen molar-refractivity contribution in [1.82, 2.24) is 5.32 Å². The van der Waals surface area contributed by atoms with Crippen LogP contribution in [-0.2, 0) is 14.3 Å². The molecule has 4 nitrogen and oxygen atoms in total. The third-order valence-electron chi connectivity index (χ3n) is 2.77. The van der Waals surface area contributed by atoms with Gasteiger partial charge in [0.15, 0.2) is 0 Å². The van der Waals surface area contributed by atoms with Crippen molar-refractivity contribution >= 4 is 5.97 Å². The molecule has 1 aliphatic rings. The van der Waals surface area contributed by atoms with Crippen LogP contribution in [0, 0.1) is 5.92 Å². The van der Waals surface area contributed by atoms with Gasteiger partial charge in [-0.2, -0.15) is 0 Å². The molecular formula is C12H21NO3. The summed E-state index contributed by atoms with van der Waals surface area (Å²) in [5.41, 5.74) is 0. The zero-order valence-electron chi connectivity index (χ0n) is 10.1. The number of esters is 1. The van der Waals surface area contributed by atoms with Crippen LogP contribution < -0.4 is 5.32 Å². The predicted molar refractivity (Wildman–Crippen MR) is 62.2 cm³/mol. The van der Waals surface area contributed by atoms with Crippen LogP contribution in [0.2, 0.25) is 0 Å². The van der Waals surface area contributed by atoms with Gasteiger partial charge in [-0.15, -0.1) is 0 Å². The normalized spacial score (nSPS) is 22.5. The van der Waals surface area contributed by atoms with Crippen LogP contribution >= 0.6 is 0 Å². The number of rotatable bonds is 6. The van der Waals surface area contributed by atoms with E-state index in [2.05, 4.69) is 12.2 Å². The van der Waals surface area contributed by atoms with Crippen molar-refractivity contribution in [3.63, 3.8) is 0 Å². The smallest absolute Gasteiger partial charge is 0.330 e. The van der Waals surface area contributed by atoms with Crippen LogP contribution in [0.1, 0.15) is 20.3 Å². The second-order valence-corrected chi connectivity index (χ2v) is 3.98. The molecule has 4 heteroatoms. The summed E-state index contributed by atoms with van der Waals surface area (Å²) < 4.78 is 10.1. The van der Waals surface area contributed by atoms with E-state index in [0.717, 1.165) is 19.6 Å². The predicted octanol–water partition coefficient (Wildman–Crippen LogP) is 1.12. The molecule has 0 aromatic heterocycles. The molecule has 2 unspecified atom stereocenters. The summed E-state index contributed by atoms with van der Waals surface area (Å²) in [5.74, 6) is 0.317. The zero-order valence-corrected chi connectivity index (χ0v) is 10.1. The molecule has 1 rings (SSSR count). The van der Waals surface area contributed by atoms with Gasteiger partial charge in [0.2, 0.25) is 0 Å². The molecule has 1 saturated heterocycles. The minimum absolute atomic E-state index is 0.277. The highest BCUT2D eigenvalue weighted by molar-refractivity contribution is 5.81. The molecule has 1 fully saturated rings. The first-order valence-corrected chi connectivity index (χ1v) is 5.88. The fraction of sp³-hybridized carbons (Fsp3) is 0.750. The van der Waals surface area contributed by atoms with Gasteiger partial charge < -0.3 is 14.8 Å². The van der Waals surface area contributed by atoms with Gasteiger partial charge >= 0.3 is 5.97 Å². The molecule has 0 spiro atoms. The van der Waals surface area contributed by atoms with E-state index in [1.165, 1.54) is 6.08 Å². The van der Waals surface area contributed by atoms with Crippen LogP contribution in [0.3, 0.4) is 0 Å². The lowest BCUT2D eigenvalue weighted by atomic mass is 10.0. The van der Waals surface area contributed by atoms with Gasteiger partial charge in [0.25, 0.3) is 0 Å². The fourth-order valence-electron chi connectivity index (χ4n) is 1.71. The monoisotopic (exact) mass is 227 g/mol. The van der Waals surface area contributed by atoms with Crippen LogP contribution in [-0.4, -0.2) is 38.4 Å². The van der Waals surface area contributed by atoms with E-state index >= 15 is 0 Å². The van der Waals surface area contributed by atoms with E-state index in [1.807, 2.05) is 0 Å². The number of nitrogens with one attached hydrogen (secondary N) is 1. The lowest BCUT2D eigenvalue weighted by molar-refractivity contribution is -0.137. The standard InChI is InChI=1S/C12H21NO3/c1-3-16-12(14)5-4-7-13-10(2)11-6-8-15-9-11/h4-5,10-11,13H,3,6-9H2,1-2H3/b5-4+. The Kier molecular flexibility index (Phi) is 6.11. The Morgan fingerprint density at radius 3 is 3.12 bits per heavy atom. The van der Waals surface area contributed by atoms with Gasteiger partial charge in [0.1, 0.15) is 0 Å². The molecule has 1 aliphatic heterocycles. The quantitative estimate of drug-likeness (QED) is 0.545. The molecule has 1 N–H and O–H groups in total. The van der Waals surface area contributed by atoms with Crippen molar-refractivity contribution in [3.8, 4) is 0 Å². The maximum Gasteiger partial charge on any atom is 0.330 e. The maximum absolute atomic E-state index is 11.0. The molecule has 0 bridgehead atoms. The van der Waals surface area contributed by atoms with E-state index in [9.17, 15) is 4.79 Å². The van der Waals surface area contributed by atoms with Crippen LogP contribution in [0.4, 0.5) is 0 Å². The fourth-order valence-corrected chi connectivity index (χ4v) is 1.71. The third kappa shape index (κ3) is 4.77. The Bertz CT molecular complexity index is 234. The van der Waals surface area contributed by atoms with Gasteiger partial charge in [-0.05, 0) is 26.2 Å². The molecule has 1 heterocycles. The Labute approximate surface area is 97.0 Å². The number of hydrogen-bond acceptors (Lipinski definition) is 4. The molecule has 0 aromatic carbocycles. The Hall–Kier alpha value is -0.870. The van der Waals surface area contributed by atoms with Crippen LogP contribution in [0.5, 0.6) is 0 Å². The Balaban J connectivity index is 2.11. The Morgan fingerprint density at radius 1 is 1.69 bits per heavy atom. The van der Waals surface area contributed by atoms with E-state index in [0.29, 0.717) is 25.1 Å². The third-order valence-corrected chi connectivity index (χ3v) is 2.77. The molecule has 0 aliphatic carbocycles. The van der Waals surface area contributed by atoms with Crippen molar-refractivity contribution in [2.24, 2.45) is 5.92 Å². The molecule has 0 aromatic rings. The van der Waals surface area contributed by atoms with Crippen molar-refractivity contribution in [2.75, 3.05) is 26.4 Å². The van der Waals surface area contributed by atoms with Crippen molar-refractivity contribution < 1.29 is 14.3 Å². The van der Waals surface area contributed by atoms with Crippen molar-refractivity contribution in [3.05, 3.63) is 12.2 Å². The SMILES string of the molecule is CCOC(=O)/C=C/CNC(C)C1CCOC1. The average Bonchev–Trinajstić information content (AvgIpc) is 2.78. The highest BCUT2D eigenvalue weighted by Gasteiger charge is 2.21. The number of carbonyl (C=O) groups excluding carboxylic acids is 1. The lowest BCUT2D eigenvalue weighted by Gasteiger charge is -2.17. The number of hydrogen-bond donors (Lipinski definition) is 1. The second kappa shape index (κ2) is 7.41. The highest BCUT2D eigenvalue weighted by Crippen LogP contribution is 2.15. The first-order chi connectivity index (χ1) is 7.74. The molecule has 92 valence electrons. The second-order valence-electron chi connectivity index (χ2n) is 3.98. The van der Waals surface area contributed by atoms with Crippen LogP contribution in [0.25, 0.3) is 0 Å². The zero-order chi connectivity index (χ0) is 11.8. The van der Waals surface area contributed by atoms with Crippen molar-refractivity contribution in [1.29, 1.82) is 0 Å². The molecule has 0 radical (unpaired) electrons. The van der Waals surface area contributed by atoms with E-state index < -0.39 is 0 Å². The summed E-state index contributed by atoms with van der Waals surface area (Å²) in [5, 5.41) is 3.35. The molecule has 0 amide bonds. The molecule has 16 heavy (non-hydrogen) atoms. The highest BCUT2D eigenvalue weighted by atomic mass is 16.5. The summed E-state index contributed by atoms with van der Waals surface area (Å²) in [4.78, 5) is 11.0. The summed E-state index contributed by atoms with van der Waals surface area (Å²) in [7, 11) is 0. The van der Waals surface area contributed by atoms with Gasteiger partial charge in [-0.25, -0.2) is 4.79 Å². The van der Waals surface area contributed by atoms with Gasteiger partial charge in [-0.1, -0.05) is 6.08 Å². The molecule has 2 atom stereocenters. The molecular weight excluding hydrogens is 206 g/mol. The summed E-state index contributed by atoms with van der Waals surface area (Å²) in [6.45, 7) is 6.78. The maximum atomic E-state index is 11.0. The topological polar surface area (TPSA) is 47.6 Å². The van der Waals surface area contributed by atoms with E-state index in [-0.39, 0.29) is 5.97 Å². The minimum Gasteiger partial charge on any atom is -0.463 e. The largest absolute Gasteiger partial charge is 0.463 e. The minimum atomic E-state index is -0.277.